The van der Waals surface area contributed by atoms with Gasteiger partial charge in [-0.25, -0.2) is 0 Å². The van der Waals surface area contributed by atoms with Gasteiger partial charge >= 0.3 is 5.97 Å². The Morgan fingerprint density at radius 3 is 2.65 bits per heavy atom. The van der Waals surface area contributed by atoms with Crippen LogP contribution in [0.1, 0.15) is 29.5 Å². The smallest absolute Gasteiger partial charge is 0.320 e. The van der Waals surface area contributed by atoms with Gasteiger partial charge in [-0.2, -0.15) is 0 Å². The first kappa shape index (κ1) is 12.1. The molecule has 1 aliphatic heterocycles. The van der Waals surface area contributed by atoms with Crippen LogP contribution in [0.25, 0.3) is 0 Å². The minimum Gasteiger partial charge on any atom is -0.480 e. The summed E-state index contributed by atoms with van der Waals surface area (Å²) in [5.41, 5.74) is 3.78. The maximum absolute atomic E-state index is 11.1. The van der Waals surface area contributed by atoms with Gasteiger partial charge in [-0.15, -0.1) is 0 Å². The summed E-state index contributed by atoms with van der Waals surface area (Å²) in [6.07, 6.45) is 1.77. The lowest BCUT2D eigenvalue weighted by Crippen LogP contribution is -2.35. The van der Waals surface area contributed by atoms with Crippen molar-refractivity contribution in [3.63, 3.8) is 0 Å². The Kier molecular flexibility index (Phi) is 3.48. The van der Waals surface area contributed by atoms with Crippen molar-refractivity contribution in [3.8, 4) is 0 Å². The molecule has 1 heterocycles. The first-order valence-corrected chi connectivity index (χ1v) is 6.11. The lowest BCUT2D eigenvalue weighted by Gasteiger charge is -2.23. The summed E-state index contributed by atoms with van der Waals surface area (Å²) >= 11 is 0. The largest absolute Gasteiger partial charge is 0.480 e. The van der Waals surface area contributed by atoms with Gasteiger partial charge in [-0.1, -0.05) is 18.2 Å². The average molecular weight is 233 g/mol. The van der Waals surface area contributed by atoms with E-state index in [0.717, 1.165) is 25.9 Å². The molecule has 1 aromatic rings. The van der Waals surface area contributed by atoms with E-state index < -0.39 is 5.97 Å². The molecule has 0 radical (unpaired) electrons. The number of nitrogens with zero attached hydrogens (tertiary/aromatic N) is 1. The zero-order valence-corrected chi connectivity index (χ0v) is 10.4. The number of carboxylic acid groups (broad SMARTS) is 1. The third-order valence-electron chi connectivity index (χ3n) is 3.65. The molecule has 3 heteroatoms. The highest BCUT2D eigenvalue weighted by molar-refractivity contribution is 5.73. The van der Waals surface area contributed by atoms with Crippen molar-refractivity contribution in [3.05, 3.63) is 34.9 Å². The predicted octanol–water partition coefficient (Wildman–Crippen LogP) is 2.35. The summed E-state index contributed by atoms with van der Waals surface area (Å²) in [5.74, 6) is -0.686. The van der Waals surface area contributed by atoms with Crippen LogP contribution in [-0.4, -0.2) is 28.6 Å². The van der Waals surface area contributed by atoms with Gasteiger partial charge < -0.3 is 5.11 Å². The van der Waals surface area contributed by atoms with Crippen LogP contribution < -0.4 is 0 Å². The van der Waals surface area contributed by atoms with Gasteiger partial charge in [-0.3, -0.25) is 9.69 Å². The van der Waals surface area contributed by atoms with E-state index in [1.165, 1.54) is 16.7 Å². The zero-order valence-electron chi connectivity index (χ0n) is 10.4. The maximum atomic E-state index is 11.1. The van der Waals surface area contributed by atoms with Crippen LogP contribution in [0.3, 0.4) is 0 Å². The molecule has 0 unspecified atom stereocenters. The van der Waals surface area contributed by atoms with E-state index in [0.29, 0.717) is 0 Å². The van der Waals surface area contributed by atoms with Gasteiger partial charge in [-0.05, 0) is 49.9 Å². The fourth-order valence-corrected chi connectivity index (χ4v) is 2.60. The van der Waals surface area contributed by atoms with E-state index in [-0.39, 0.29) is 6.04 Å². The molecule has 2 rings (SSSR count). The van der Waals surface area contributed by atoms with Crippen molar-refractivity contribution in [2.24, 2.45) is 0 Å². The Balaban J connectivity index is 2.18. The van der Waals surface area contributed by atoms with Crippen LogP contribution in [0.5, 0.6) is 0 Å². The Morgan fingerprint density at radius 2 is 2.06 bits per heavy atom. The molecule has 17 heavy (non-hydrogen) atoms. The van der Waals surface area contributed by atoms with Gasteiger partial charge in [0.1, 0.15) is 6.04 Å². The second-order valence-electron chi connectivity index (χ2n) is 4.84. The number of aryl methyl sites for hydroxylation is 2. The molecular weight excluding hydrogens is 214 g/mol. The number of hydrogen-bond acceptors (Lipinski definition) is 2. The quantitative estimate of drug-likeness (QED) is 0.871. The maximum Gasteiger partial charge on any atom is 0.320 e. The van der Waals surface area contributed by atoms with E-state index in [4.69, 9.17) is 5.11 Å². The summed E-state index contributed by atoms with van der Waals surface area (Å²) in [6.45, 7) is 5.84. The summed E-state index contributed by atoms with van der Waals surface area (Å²) in [6, 6.07) is 5.93. The molecule has 1 aliphatic rings. The number of carboxylic acids is 1. The van der Waals surface area contributed by atoms with Crippen molar-refractivity contribution < 1.29 is 9.90 Å². The lowest BCUT2D eigenvalue weighted by atomic mass is 10.0. The van der Waals surface area contributed by atoms with E-state index >= 15 is 0 Å². The molecular formula is C14H19NO2. The van der Waals surface area contributed by atoms with Crippen molar-refractivity contribution >= 4 is 5.97 Å². The molecule has 3 nitrogen and oxygen atoms in total. The summed E-state index contributed by atoms with van der Waals surface area (Å²) in [5, 5.41) is 9.16. The molecule has 1 saturated heterocycles. The molecule has 92 valence electrons. The van der Waals surface area contributed by atoms with Crippen molar-refractivity contribution in [2.45, 2.75) is 39.3 Å². The average Bonchev–Trinajstić information content (AvgIpc) is 2.72. The van der Waals surface area contributed by atoms with Gasteiger partial charge in [0, 0.05) is 6.54 Å². The van der Waals surface area contributed by atoms with Crippen molar-refractivity contribution in [1.82, 2.24) is 4.90 Å². The Labute approximate surface area is 102 Å². The summed E-state index contributed by atoms with van der Waals surface area (Å²) < 4.78 is 0. The van der Waals surface area contributed by atoms with Gasteiger partial charge in [0.25, 0.3) is 0 Å². The molecule has 1 atom stereocenters. The third kappa shape index (κ3) is 2.50. The molecule has 0 spiro atoms. The second-order valence-corrected chi connectivity index (χ2v) is 4.84. The lowest BCUT2D eigenvalue weighted by molar-refractivity contribution is -0.142. The number of rotatable bonds is 3. The molecule has 0 amide bonds. The molecule has 0 saturated carbocycles. The molecule has 0 aromatic heterocycles. The van der Waals surface area contributed by atoms with Crippen molar-refractivity contribution in [1.29, 1.82) is 0 Å². The topological polar surface area (TPSA) is 40.5 Å². The standard InChI is InChI=1S/C14H19NO2/c1-10-5-3-6-11(2)12(10)9-15-8-4-7-13(15)14(16)17/h3,5-6,13H,4,7-9H2,1-2H3,(H,16,17)/t13-/m1/s1. The van der Waals surface area contributed by atoms with Crippen LogP contribution >= 0.6 is 0 Å². The van der Waals surface area contributed by atoms with Crippen LogP contribution in [0.2, 0.25) is 0 Å². The van der Waals surface area contributed by atoms with Crippen LogP contribution in [0.4, 0.5) is 0 Å². The minimum atomic E-state index is -0.686. The minimum absolute atomic E-state index is 0.297. The van der Waals surface area contributed by atoms with E-state index in [2.05, 4.69) is 30.9 Å². The fraction of sp³-hybridized carbons (Fsp3) is 0.500. The van der Waals surface area contributed by atoms with E-state index in [1.807, 2.05) is 6.07 Å². The Morgan fingerprint density at radius 1 is 1.41 bits per heavy atom. The van der Waals surface area contributed by atoms with Gasteiger partial charge in [0.05, 0.1) is 0 Å². The van der Waals surface area contributed by atoms with Crippen LogP contribution in [0, 0.1) is 13.8 Å². The molecule has 1 N–H and O–H groups in total. The molecule has 0 aliphatic carbocycles. The normalized spacial score (nSPS) is 20.7. The first-order chi connectivity index (χ1) is 8.09. The predicted molar refractivity (Wildman–Crippen MR) is 67.0 cm³/mol. The highest BCUT2D eigenvalue weighted by atomic mass is 16.4. The number of likely N-dealkylation sites (tertiary alicyclic amines) is 1. The highest BCUT2D eigenvalue weighted by Crippen LogP contribution is 2.23. The summed E-state index contributed by atoms with van der Waals surface area (Å²) in [7, 11) is 0. The van der Waals surface area contributed by atoms with Crippen molar-refractivity contribution in [2.75, 3.05) is 6.54 Å². The first-order valence-electron chi connectivity index (χ1n) is 6.11. The van der Waals surface area contributed by atoms with E-state index in [9.17, 15) is 4.79 Å². The molecule has 0 bridgehead atoms. The second kappa shape index (κ2) is 4.88. The summed E-state index contributed by atoms with van der Waals surface area (Å²) in [4.78, 5) is 13.2. The zero-order chi connectivity index (χ0) is 12.4. The monoisotopic (exact) mass is 233 g/mol. The van der Waals surface area contributed by atoms with Crippen LogP contribution in [-0.2, 0) is 11.3 Å². The van der Waals surface area contributed by atoms with Gasteiger partial charge in [0.15, 0.2) is 0 Å². The molecule has 1 fully saturated rings. The van der Waals surface area contributed by atoms with Crippen LogP contribution in [0.15, 0.2) is 18.2 Å². The van der Waals surface area contributed by atoms with E-state index in [1.54, 1.807) is 0 Å². The molecule has 1 aromatic carbocycles. The number of aliphatic carboxylic acids is 1. The Bertz CT molecular complexity index is 408. The fourth-order valence-electron chi connectivity index (χ4n) is 2.60. The Hall–Kier alpha value is -1.35. The SMILES string of the molecule is Cc1cccc(C)c1CN1CCC[C@@H]1C(=O)O. The number of benzene rings is 1. The number of hydrogen-bond donors (Lipinski definition) is 1. The third-order valence-corrected chi connectivity index (χ3v) is 3.65. The highest BCUT2D eigenvalue weighted by Gasteiger charge is 2.30. The van der Waals surface area contributed by atoms with Gasteiger partial charge in [0.2, 0.25) is 0 Å². The number of carbonyl (C=O) groups is 1.